The summed E-state index contributed by atoms with van der Waals surface area (Å²) in [6, 6.07) is 0. The molecule has 1 aliphatic rings. The molecule has 13 heavy (non-hydrogen) atoms. The summed E-state index contributed by atoms with van der Waals surface area (Å²) in [4.78, 5) is 10.6. The van der Waals surface area contributed by atoms with E-state index in [1.54, 1.807) is 0 Å². The quantitative estimate of drug-likeness (QED) is 0.700. The Bertz CT molecular complexity index is 370. The Hall–Kier alpha value is -0.750. The monoisotopic (exact) mass is 226 g/mol. The van der Waals surface area contributed by atoms with Crippen LogP contribution in [0.3, 0.4) is 0 Å². The van der Waals surface area contributed by atoms with Crippen LogP contribution in [-0.4, -0.2) is 25.1 Å². The Kier molecular flexibility index (Phi) is 2.29. The average molecular weight is 227 g/mol. The van der Waals surface area contributed by atoms with Gasteiger partial charge in [-0.3, -0.25) is 0 Å². The molecule has 1 unspecified atom stereocenters. The lowest BCUT2D eigenvalue weighted by atomic mass is 10.1. The lowest BCUT2D eigenvalue weighted by molar-refractivity contribution is -0.155. The number of hydrogen-bond acceptors (Lipinski definition) is 4. The van der Waals surface area contributed by atoms with E-state index in [-0.39, 0.29) is 6.42 Å². The van der Waals surface area contributed by atoms with E-state index in [1.165, 1.54) is 6.92 Å². The van der Waals surface area contributed by atoms with Gasteiger partial charge in [0, 0.05) is 17.1 Å². The fourth-order valence-electron chi connectivity index (χ4n) is 0.864. The van der Waals surface area contributed by atoms with Crippen LogP contribution < -0.4 is 0 Å². The van der Waals surface area contributed by atoms with Gasteiger partial charge >= 0.3 is 5.97 Å². The third-order valence-corrected chi connectivity index (χ3v) is 2.86. The molecule has 0 bridgehead atoms. The second kappa shape index (κ2) is 2.88. The second-order valence-corrected chi connectivity index (χ2v) is 5.30. The first-order valence-corrected chi connectivity index (χ1v) is 5.64. The van der Waals surface area contributed by atoms with Gasteiger partial charge in [0.15, 0.2) is 0 Å². The van der Waals surface area contributed by atoms with Gasteiger partial charge in [-0.05, 0) is 13.0 Å². The molecular weight excluding hydrogens is 220 g/mol. The van der Waals surface area contributed by atoms with Crippen molar-refractivity contribution in [2.45, 2.75) is 18.9 Å². The molecule has 0 saturated carbocycles. The first kappa shape index (κ1) is 10.3. The zero-order valence-electron chi connectivity index (χ0n) is 6.65. The molecule has 0 saturated heterocycles. The van der Waals surface area contributed by atoms with Crippen LogP contribution in [0.4, 0.5) is 0 Å². The minimum absolute atomic E-state index is 0.0103. The largest absolute Gasteiger partial charge is 0.478 e. The zero-order valence-corrected chi connectivity index (χ0v) is 8.22. The molecule has 0 spiro atoms. The summed E-state index contributed by atoms with van der Waals surface area (Å²) in [7, 11) is 0.998. The first-order valence-electron chi connectivity index (χ1n) is 3.33. The van der Waals surface area contributed by atoms with Crippen molar-refractivity contribution in [2.75, 3.05) is 0 Å². The predicted molar refractivity (Wildman–Crippen MR) is 44.6 cm³/mol. The van der Waals surface area contributed by atoms with Crippen LogP contribution in [0, 0.1) is 0 Å². The van der Waals surface area contributed by atoms with Crippen molar-refractivity contribution in [3.05, 3.63) is 11.2 Å². The summed E-state index contributed by atoms with van der Waals surface area (Å²) < 4.78 is 26.2. The fourth-order valence-corrected chi connectivity index (χ4v) is 1.71. The van der Waals surface area contributed by atoms with Crippen LogP contribution in [0.15, 0.2) is 11.2 Å². The van der Waals surface area contributed by atoms with Crippen molar-refractivity contribution in [3.63, 3.8) is 0 Å². The van der Waals surface area contributed by atoms with Crippen LogP contribution >= 0.6 is 10.7 Å². The maximum Gasteiger partial charge on any atom is 0.348 e. The van der Waals surface area contributed by atoms with Crippen molar-refractivity contribution >= 4 is 25.7 Å². The smallest absolute Gasteiger partial charge is 0.348 e. The van der Waals surface area contributed by atoms with Crippen molar-refractivity contribution in [1.82, 2.24) is 0 Å². The summed E-state index contributed by atoms with van der Waals surface area (Å²) in [6.07, 6.45) is 1.14. The molecule has 0 fully saturated rings. The second-order valence-electron chi connectivity index (χ2n) is 2.80. The lowest BCUT2D eigenvalue weighted by Gasteiger charge is -2.18. The molecule has 1 heterocycles. The van der Waals surface area contributed by atoms with E-state index in [0.717, 1.165) is 6.08 Å². The molecule has 0 radical (unpaired) electrons. The molecular formula is C6H7ClO5S. The highest BCUT2D eigenvalue weighted by Gasteiger charge is 2.42. The maximum atomic E-state index is 10.7. The van der Waals surface area contributed by atoms with E-state index in [9.17, 15) is 13.2 Å². The molecule has 1 atom stereocenters. The third kappa shape index (κ3) is 1.94. The molecule has 5 nitrogen and oxygen atoms in total. The zero-order chi connectivity index (χ0) is 10.3. The highest BCUT2D eigenvalue weighted by atomic mass is 35.7. The Morgan fingerprint density at radius 3 is 2.54 bits per heavy atom. The maximum absolute atomic E-state index is 10.7. The Morgan fingerprint density at radius 1 is 1.77 bits per heavy atom. The standard InChI is InChI=1S/C6H7ClO5S/c1-6(5(8)9)3-2-4(12-6)13(7,10)11/h2H,3H2,1H3,(H,8,9). The number of carboxylic acid groups (broad SMARTS) is 1. The SMILES string of the molecule is CC1(C(=O)O)CC=C(S(=O)(=O)Cl)O1. The van der Waals surface area contributed by atoms with Crippen molar-refractivity contribution < 1.29 is 23.1 Å². The molecule has 1 aliphatic heterocycles. The van der Waals surface area contributed by atoms with E-state index in [2.05, 4.69) is 0 Å². The molecule has 1 rings (SSSR count). The van der Waals surface area contributed by atoms with E-state index in [4.69, 9.17) is 20.5 Å². The summed E-state index contributed by atoms with van der Waals surface area (Å²) in [5.41, 5.74) is -1.52. The summed E-state index contributed by atoms with van der Waals surface area (Å²) in [5, 5.41) is 8.17. The average Bonchev–Trinajstić information content (AvgIpc) is 2.31. The number of halogens is 1. The molecule has 74 valence electrons. The molecule has 0 aliphatic carbocycles. The number of rotatable bonds is 2. The number of ether oxygens (including phenoxy) is 1. The number of carboxylic acids is 1. The van der Waals surface area contributed by atoms with E-state index in [0.29, 0.717) is 0 Å². The van der Waals surface area contributed by atoms with Gasteiger partial charge in [0.05, 0.1) is 0 Å². The number of carbonyl (C=O) groups is 1. The Morgan fingerprint density at radius 2 is 2.31 bits per heavy atom. The Balaban J connectivity index is 2.90. The molecule has 0 aromatic carbocycles. The van der Waals surface area contributed by atoms with Crippen LogP contribution in [0.5, 0.6) is 0 Å². The third-order valence-electron chi connectivity index (χ3n) is 1.68. The number of hydrogen-bond donors (Lipinski definition) is 1. The van der Waals surface area contributed by atoms with Gasteiger partial charge in [-0.2, -0.15) is 0 Å². The molecule has 1 N–H and O–H groups in total. The van der Waals surface area contributed by atoms with Gasteiger partial charge in [-0.1, -0.05) is 0 Å². The van der Waals surface area contributed by atoms with E-state index in [1.807, 2.05) is 0 Å². The summed E-state index contributed by atoms with van der Waals surface area (Å²) in [6.45, 7) is 1.28. The van der Waals surface area contributed by atoms with E-state index < -0.39 is 25.7 Å². The minimum atomic E-state index is -3.96. The normalized spacial score (nSPS) is 28.0. The van der Waals surface area contributed by atoms with Gasteiger partial charge in [0.1, 0.15) is 0 Å². The Labute approximate surface area is 79.4 Å². The van der Waals surface area contributed by atoms with Crippen molar-refractivity contribution in [3.8, 4) is 0 Å². The van der Waals surface area contributed by atoms with Crippen LogP contribution in [0.1, 0.15) is 13.3 Å². The number of aliphatic carboxylic acids is 1. The van der Waals surface area contributed by atoms with Crippen molar-refractivity contribution in [1.29, 1.82) is 0 Å². The highest BCUT2D eigenvalue weighted by Crippen LogP contribution is 2.32. The predicted octanol–water partition coefficient (Wildman–Crippen LogP) is 0.660. The van der Waals surface area contributed by atoms with Gasteiger partial charge < -0.3 is 9.84 Å². The van der Waals surface area contributed by atoms with Gasteiger partial charge in [-0.25, -0.2) is 13.2 Å². The van der Waals surface area contributed by atoms with Crippen LogP contribution in [-0.2, 0) is 18.6 Å². The molecule has 0 amide bonds. The highest BCUT2D eigenvalue weighted by molar-refractivity contribution is 8.16. The molecule has 0 aromatic heterocycles. The summed E-state index contributed by atoms with van der Waals surface area (Å²) >= 11 is 0. The minimum Gasteiger partial charge on any atom is -0.478 e. The molecule has 7 heteroatoms. The van der Waals surface area contributed by atoms with E-state index >= 15 is 0 Å². The van der Waals surface area contributed by atoms with Gasteiger partial charge in [-0.15, -0.1) is 0 Å². The van der Waals surface area contributed by atoms with Crippen molar-refractivity contribution in [2.24, 2.45) is 0 Å². The topological polar surface area (TPSA) is 80.7 Å². The molecule has 0 aromatic rings. The fraction of sp³-hybridized carbons (Fsp3) is 0.500. The van der Waals surface area contributed by atoms with Gasteiger partial charge in [0.2, 0.25) is 10.7 Å². The van der Waals surface area contributed by atoms with Crippen LogP contribution in [0.2, 0.25) is 0 Å². The first-order chi connectivity index (χ1) is 5.76. The van der Waals surface area contributed by atoms with Gasteiger partial charge in [0.25, 0.3) is 9.05 Å². The van der Waals surface area contributed by atoms with Crippen LogP contribution in [0.25, 0.3) is 0 Å². The lowest BCUT2D eigenvalue weighted by Crippen LogP contribution is -2.34. The summed E-state index contributed by atoms with van der Waals surface area (Å²) in [5.74, 6) is -1.22.